The second-order valence-electron chi connectivity index (χ2n) is 3.48. The maximum absolute atomic E-state index is 11.5. The molecule has 3 N–H and O–H groups in total. The quantitative estimate of drug-likeness (QED) is 0.739. The Bertz CT molecular complexity index is 409. The molecule has 0 atom stereocenters. The molecule has 1 aromatic heterocycles. The fraction of sp³-hybridized carbons (Fsp3) is 0.364. The van der Waals surface area contributed by atoms with Crippen LogP contribution >= 0.6 is 11.8 Å². The van der Waals surface area contributed by atoms with E-state index in [9.17, 15) is 9.59 Å². The van der Waals surface area contributed by atoms with Crippen molar-refractivity contribution < 1.29 is 9.59 Å². The van der Waals surface area contributed by atoms with Crippen molar-refractivity contribution in [3.8, 4) is 0 Å². The summed E-state index contributed by atoms with van der Waals surface area (Å²) in [5, 5.41) is 2.69. The smallest absolute Gasteiger partial charge is 0.227 e. The Balaban J connectivity index is 2.27. The van der Waals surface area contributed by atoms with Crippen LogP contribution in [-0.2, 0) is 9.59 Å². The second kappa shape index (κ2) is 6.90. The highest BCUT2D eigenvalue weighted by Gasteiger charge is 2.04. The average molecular weight is 253 g/mol. The van der Waals surface area contributed by atoms with E-state index in [0.29, 0.717) is 18.0 Å². The number of rotatable bonds is 6. The van der Waals surface area contributed by atoms with E-state index >= 15 is 0 Å². The molecule has 0 spiro atoms. The summed E-state index contributed by atoms with van der Waals surface area (Å²) >= 11 is 1.35. The normalized spacial score (nSPS) is 9.94. The molecule has 0 fully saturated rings. The van der Waals surface area contributed by atoms with Gasteiger partial charge in [-0.15, -0.1) is 0 Å². The van der Waals surface area contributed by atoms with Gasteiger partial charge in [-0.25, -0.2) is 4.98 Å². The van der Waals surface area contributed by atoms with Gasteiger partial charge in [-0.2, -0.15) is 11.8 Å². The molecule has 0 saturated heterocycles. The van der Waals surface area contributed by atoms with Crippen molar-refractivity contribution in [3.63, 3.8) is 0 Å². The number of aryl methyl sites for hydroxylation is 1. The van der Waals surface area contributed by atoms with Crippen LogP contribution < -0.4 is 11.1 Å². The molecule has 0 radical (unpaired) electrons. The van der Waals surface area contributed by atoms with E-state index < -0.39 is 0 Å². The van der Waals surface area contributed by atoms with Crippen molar-refractivity contribution in [2.45, 2.75) is 13.3 Å². The maximum Gasteiger partial charge on any atom is 0.227 e. The molecular formula is C11H15N3O2S. The largest absolute Gasteiger partial charge is 0.369 e. The van der Waals surface area contributed by atoms with Gasteiger partial charge in [-0.1, -0.05) is 6.07 Å². The third kappa shape index (κ3) is 5.91. The average Bonchev–Trinajstić information content (AvgIpc) is 2.24. The van der Waals surface area contributed by atoms with Crippen LogP contribution in [-0.4, -0.2) is 28.3 Å². The molecule has 5 nitrogen and oxygen atoms in total. The third-order valence-electron chi connectivity index (χ3n) is 1.87. The lowest BCUT2D eigenvalue weighted by atomic mass is 10.3. The summed E-state index contributed by atoms with van der Waals surface area (Å²) in [5.41, 5.74) is 5.83. The topological polar surface area (TPSA) is 85.1 Å². The predicted molar refractivity (Wildman–Crippen MR) is 68.7 cm³/mol. The van der Waals surface area contributed by atoms with Crippen LogP contribution in [0.2, 0.25) is 0 Å². The standard InChI is InChI=1S/C11H15N3O2S/c1-8-3-2-4-10(13-8)14-11(16)5-6-17-7-9(12)15/h2-4H,5-7H2,1H3,(H2,12,15)(H,13,14,16). The molecule has 17 heavy (non-hydrogen) atoms. The van der Waals surface area contributed by atoms with Crippen molar-refractivity contribution in [3.05, 3.63) is 23.9 Å². The lowest BCUT2D eigenvalue weighted by Crippen LogP contribution is -2.16. The summed E-state index contributed by atoms with van der Waals surface area (Å²) in [5.74, 6) is 0.891. The number of thioether (sulfide) groups is 1. The fourth-order valence-electron chi connectivity index (χ4n) is 1.16. The Morgan fingerprint density at radius 1 is 1.47 bits per heavy atom. The third-order valence-corrected chi connectivity index (χ3v) is 2.86. The molecule has 0 aliphatic heterocycles. The summed E-state index contributed by atoms with van der Waals surface area (Å²) in [7, 11) is 0. The number of nitrogens with zero attached hydrogens (tertiary/aromatic N) is 1. The van der Waals surface area contributed by atoms with Gasteiger partial charge in [-0.05, 0) is 19.1 Å². The SMILES string of the molecule is Cc1cccc(NC(=O)CCSCC(N)=O)n1. The van der Waals surface area contributed by atoms with Gasteiger partial charge < -0.3 is 11.1 Å². The van der Waals surface area contributed by atoms with Gasteiger partial charge >= 0.3 is 0 Å². The minimum atomic E-state index is -0.365. The molecule has 0 aliphatic rings. The van der Waals surface area contributed by atoms with Gasteiger partial charge in [0, 0.05) is 17.9 Å². The molecule has 0 saturated carbocycles. The van der Waals surface area contributed by atoms with E-state index in [4.69, 9.17) is 5.73 Å². The summed E-state index contributed by atoms with van der Waals surface area (Å²) < 4.78 is 0. The van der Waals surface area contributed by atoms with E-state index in [2.05, 4.69) is 10.3 Å². The molecule has 0 bridgehead atoms. The van der Waals surface area contributed by atoms with Crippen LogP contribution in [0.3, 0.4) is 0 Å². The summed E-state index contributed by atoms with van der Waals surface area (Å²) in [6.07, 6.45) is 0.341. The lowest BCUT2D eigenvalue weighted by Gasteiger charge is -2.04. The van der Waals surface area contributed by atoms with Gasteiger partial charge in [0.15, 0.2) is 0 Å². The molecule has 0 aliphatic carbocycles. The van der Waals surface area contributed by atoms with Gasteiger partial charge in [-0.3, -0.25) is 9.59 Å². The number of primary amides is 1. The molecule has 0 aromatic carbocycles. The molecule has 92 valence electrons. The Labute approximate surface area is 104 Å². The van der Waals surface area contributed by atoms with Gasteiger partial charge in [0.25, 0.3) is 0 Å². The first kappa shape index (κ1) is 13.5. The number of aromatic nitrogens is 1. The Kier molecular flexibility index (Phi) is 5.48. The second-order valence-corrected chi connectivity index (χ2v) is 4.59. The maximum atomic E-state index is 11.5. The van der Waals surface area contributed by atoms with Gasteiger partial charge in [0.05, 0.1) is 5.75 Å². The van der Waals surface area contributed by atoms with Crippen LogP contribution in [0.15, 0.2) is 18.2 Å². The van der Waals surface area contributed by atoms with Crippen LogP contribution in [0.25, 0.3) is 0 Å². The number of anilines is 1. The Morgan fingerprint density at radius 3 is 2.88 bits per heavy atom. The zero-order chi connectivity index (χ0) is 12.7. The molecule has 1 heterocycles. The van der Waals surface area contributed by atoms with Crippen molar-refractivity contribution >= 4 is 29.4 Å². The van der Waals surface area contributed by atoms with E-state index in [1.165, 1.54) is 11.8 Å². The number of nitrogens with two attached hydrogens (primary N) is 1. The fourth-order valence-corrected chi connectivity index (χ4v) is 1.83. The first-order valence-electron chi connectivity index (χ1n) is 5.17. The van der Waals surface area contributed by atoms with Crippen molar-refractivity contribution in [1.29, 1.82) is 0 Å². The molecule has 6 heteroatoms. The van der Waals surface area contributed by atoms with E-state index in [1.807, 2.05) is 19.1 Å². The molecular weight excluding hydrogens is 238 g/mol. The highest BCUT2D eigenvalue weighted by atomic mass is 32.2. The molecule has 2 amide bonds. The summed E-state index contributed by atoms with van der Waals surface area (Å²) in [6.45, 7) is 1.86. The number of hydrogen-bond donors (Lipinski definition) is 2. The number of carbonyl (C=O) groups excluding carboxylic acids is 2. The van der Waals surface area contributed by atoms with E-state index in [0.717, 1.165) is 5.69 Å². The lowest BCUT2D eigenvalue weighted by molar-refractivity contribution is -0.116. The van der Waals surface area contributed by atoms with Gasteiger partial charge in [0.1, 0.15) is 5.82 Å². The van der Waals surface area contributed by atoms with Crippen LogP contribution in [0, 0.1) is 6.92 Å². The van der Waals surface area contributed by atoms with Crippen LogP contribution in [0.5, 0.6) is 0 Å². The molecule has 1 rings (SSSR count). The van der Waals surface area contributed by atoms with E-state index in [1.54, 1.807) is 6.07 Å². The zero-order valence-electron chi connectivity index (χ0n) is 9.60. The van der Waals surface area contributed by atoms with Crippen molar-refractivity contribution in [2.24, 2.45) is 5.73 Å². The predicted octanol–water partition coefficient (Wildman–Crippen LogP) is 0.937. The number of nitrogens with one attached hydrogen (secondary N) is 1. The monoisotopic (exact) mass is 253 g/mol. The molecule has 0 unspecified atom stereocenters. The minimum Gasteiger partial charge on any atom is -0.369 e. The van der Waals surface area contributed by atoms with Crippen molar-refractivity contribution in [2.75, 3.05) is 16.8 Å². The van der Waals surface area contributed by atoms with Crippen molar-refractivity contribution in [1.82, 2.24) is 4.98 Å². The number of amides is 2. The highest BCUT2D eigenvalue weighted by Crippen LogP contribution is 2.06. The number of hydrogen-bond acceptors (Lipinski definition) is 4. The summed E-state index contributed by atoms with van der Waals surface area (Å²) in [4.78, 5) is 26.1. The Morgan fingerprint density at radius 2 is 2.24 bits per heavy atom. The first-order chi connectivity index (χ1) is 8.08. The first-order valence-corrected chi connectivity index (χ1v) is 6.33. The zero-order valence-corrected chi connectivity index (χ0v) is 10.4. The summed E-state index contributed by atoms with van der Waals surface area (Å²) in [6, 6.07) is 5.43. The number of carbonyl (C=O) groups is 2. The van der Waals surface area contributed by atoms with E-state index in [-0.39, 0.29) is 17.6 Å². The highest BCUT2D eigenvalue weighted by molar-refractivity contribution is 7.99. The molecule has 1 aromatic rings. The van der Waals surface area contributed by atoms with Crippen LogP contribution in [0.1, 0.15) is 12.1 Å². The van der Waals surface area contributed by atoms with Crippen LogP contribution in [0.4, 0.5) is 5.82 Å². The number of pyridine rings is 1. The minimum absolute atomic E-state index is 0.111. The van der Waals surface area contributed by atoms with Gasteiger partial charge in [0.2, 0.25) is 11.8 Å². The Hall–Kier alpha value is -1.56.